The van der Waals surface area contributed by atoms with Gasteiger partial charge < -0.3 is 10.5 Å². The van der Waals surface area contributed by atoms with Crippen LogP contribution in [-0.4, -0.2) is 42.8 Å². The van der Waals surface area contributed by atoms with E-state index in [2.05, 4.69) is 32.6 Å². The largest absolute Gasteiger partial charge is 0.370 e. The van der Waals surface area contributed by atoms with Gasteiger partial charge in [-0.25, -0.2) is 0 Å². The molecule has 0 bridgehead atoms. The standard InChI is InChI=1S/C15H32N2O/c1-5-14(8-9-16)7-6-10-17-11-13(2)18-15(3,4)12-17/h13-14H,5-12,16H2,1-4H3. The fourth-order valence-electron chi connectivity index (χ4n) is 3.15. The highest BCUT2D eigenvalue weighted by Crippen LogP contribution is 2.22. The lowest BCUT2D eigenvalue weighted by Crippen LogP contribution is -2.51. The predicted molar refractivity (Wildman–Crippen MR) is 77.8 cm³/mol. The van der Waals surface area contributed by atoms with Crippen LogP contribution in [0.3, 0.4) is 0 Å². The molecule has 1 heterocycles. The first-order valence-corrected chi connectivity index (χ1v) is 7.57. The zero-order valence-corrected chi connectivity index (χ0v) is 12.7. The Morgan fingerprint density at radius 3 is 2.67 bits per heavy atom. The lowest BCUT2D eigenvalue weighted by molar-refractivity contribution is -0.128. The van der Waals surface area contributed by atoms with Gasteiger partial charge in [0, 0.05) is 13.1 Å². The highest BCUT2D eigenvalue weighted by atomic mass is 16.5. The topological polar surface area (TPSA) is 38.5 Å². The van der Waals surface area contributed by atoms with Crippen LogP contribution in [0.15, 0.2) is 0 Å². The van der Waals surface area contributed by atoms with E-state index < -0.39 is 0 Å². The Morgan fingerprint density at radius 1 is 1.39 bits per heavy atom. The third kappa shape index (κ3) is 5.68. The number of morpholine rings is 1. The van der Waals surface area contributed by atoms with E-state index in [9.17, 15) is 0 Å². The van der Waals surface area contributed by atoms with Crippen LogP contribution in [0.5, 0.6) is 0 Å². The van der Waals surface area contributed by atoms with Gasteiger partial charge in [-0.15, -0.1) is 0 Å². The first-order chi connectivity index (χ1) is 8.46. The number of rotatable bonds is 7. The molecule has 1 aliphatic rings. The lowest BCUT2D eigenvalue weighted by Gasteiger charge is -2.41. The van der Waals surface area contributed by atoms with Crippen molar-refractivity contribution in [2.45, 2.75) is 65.1 Å². The smallest absolute Gasteiger partial charge is 0.0757 e. The number of hydrogen-bond acceptors (Lipinski definition) is 3. The maximum Gasteiger partial charge on any atom is 0.0757 e. The third-order valence-electron chi connectivity index (χ3n) is 3.88. The summed E-state index contributed by atoms with van der Waals surface area (Å²) in [5.41, 5.74) is 5.66. The van der Waals surface area contributed by atoms with Crippen LogP contribution in [0.1, 0.15) is 53.4 Å². The average Bonchev–Trinajstić information content (AvgIpc) is 2.25. The number of ether oxygens (including phenoxy) is 1. The Balaban J connectivity index is 2.26. The van der Waals surface area contributed by atoms with E-state index in [1.165, 1.54) is 32.2 Å². The maximum absolute atomic E-state index is 5.93. The predicted octanol–water partition coefficient (Wildman–Crippen LogP) is 2.64. The molecule has 1 aliphatic heterocycles. The summed E-state index contributed by atoms with van der Waals surface area (Å²) >= 11 is 0. The molecule has 2 atom stereocenters. The first-order valence-electron chi connectivity index (χ1n) is 7.57. The average molecular weight is 256 g/mol. The molecule has 0 aromatic heterocycles. The summed E-state index contributed by atoms with van der Waals surface area (Å²) in [6.07, 6.45) is 5.42. The molecule has 2 N–H and O–H groups in total. The Bertz CT molecular complexity index is 231. The highest BCUT2D eigenvalue weighted by molar-refractivity contribution is 4.82. The van der Waals surface area contributed by atoms with E-state index in [4.69, 9.17) is 10.5 Å². The highest BCUT2D eigenvalue weighted by Gasteiger charge is 2.30. The molecule has 0 saturated carbocycles. The van der Waals surface area contributed by atoms with Crippen molar-refractivity contribution >= 4 is 0 Å². The monoisotopic (exact) mass is 256 g/mol. The van der Waals surface area contributed by atoms with E-state index in [-0.39, 0.29) is 5.60 Å². The molecule has 0 amide bonds. The molecule has 1 rings (SSSR count). The summed E-state index contributed by atoms with van der Waals surface area (Å²) in [4.78, 5) is 2.56. The SMILES string of the molecule is CCC(CCN)CCCN1CC(C)OC(C)(C)C1. The van der Waals surface area contributed by atoms with Crippen molar-refractivity contribution in [2.75, 3.05) is 26.2 Å². The van der Waals surface area contributed by atoms with Crippen LogP contribution in [-0.2, 0) is 4.74 Å². The van der Waals surface area contributed by atoms with Gasteiger partial charge in [-0.1, -0.05) is 13.3 Å². The summed E-state index contributed by atoms with van der Waals surface area (Å²) in [5, 5.41) is 0. The molecule has 1 saturated heterocycles. The molecular formula is C15H32N2O. The quantitative estimate of drug-likeness (QED) is 0.761. The molecule has 2 unspecified atom stereocenters. The van der Waals surface area contributed by atoms with Crippen molar-refractivity contribution in [2.24, 2.45) is 11.7 Å². The van der Waals surface area contributed by atoms with Crippen LogP contribution in [0.4, 0.5) is 0 Å². The molecule has 3 nitrogen and oxygen atoms in total. The first kappa shape index (κ1) is 15.9. The minimum absolute atomic E-state index is 0.0130. The lowest BCUT2D eigenvalue weighted by atomic mass is 9.96. The molecule has 1 fully saturated rings. The zero-order chi connectivity index (χ0) is 13.6. The van der Waals surface area contributed by atoms with E-state index in [0.29, 0.717) is 6.10 Å². The molecule has 0 aromatic rings. The zero-order valence-electron chi connectivity index (χ0n) is 12.7. The fourth-order valence-corrected chi connectivity index (χ4v) is 3.15. The van der Waals surface area contributed by atoms with E-state index in [0.717, 1.165) is 25.6 Å². The molecule has 0 spiro atoms. The van der Waals surface area contributed by atoms with Gasteiger partial charge in [0.05, 0.1) is 11.7 Å². The van der Waals surface area contributed by atoms with E-state index in [1.807, 2.05) is 0 Å². The minimum atomic E-state index is 0.0130. The molecule has 0 radical (unpaired) electrons. The summed E-state index contributed by atoms with van der Waals surface area (Å²) < 4.78 is 5.93. The van der Waals surface area contributed by atoms with Gasteiger partial charge in [0.25, 0.3) is 0 Å². The third-order valence-corrected chi connectivity index (χ3v) is 3.88. The van der Waals surface area contributed by atoms with E-state index >= 15 is 0 Å². The molecule has 3 heteroatoms. The number of nitrogens with zero attached hydrogens (tertiary/aromatic N) is 1. The summed E-state index contributed by atoms with van der Waals surface area (Å²) in [5.74, 6) is 0.821. The van der Waals surface area contributed by atoms with Crippen LogP contribution in [0.2, 0.25) is 0 Å². The van der Waals surface area contributed by atoms with Gasteiger partial charge in [0.1, 0.15) is 0 Å². The van der Waals surface area contributed by atoms with Gasteiger partial charge in [-0.2, -0.15) is 0 Å². The van der Waals surface area contributed by atoms with E-state index in [1.54, 1.807) is 0 Å². The second kappa shape index (κ2) is 7.46. The molecule has 0 aromatic carbocycles. The Morgan fingerprint density at radius 2 is 2.11 bits per heavy atom. The second-order valence-corrected chi connectivity index (χ2v) is 6.42. The molecule has 0 aliphatic carbocycles. The Hall–Kier alpha value is -0.120. The van der Waals surface area contributed by atoms with Crippen LogP contribution < -0.4 is 5.73 Å². The van der Waals surface area contributed by atoms with Gasteiger partial charge in [0.15, 0.2) is 0 Å². The van der Waals surface area contributed by atoms with Crippen LogP contribution in [0.25, 0.3) is 0 Å². The van der Waals surface area contributed by atoms with Crippen molar-refractivity contribution in [3.8, 4) is 0 Å². The summed E-state index contributed by atoms with van der Waals surface area (Å²) in [6.45, 7) is 13.0. The maximum atomic E-state index is 5.93. The second-order valence-electron chi connectivity index (χ2n) is 6.42. The van der Waals surface area contributed by atoms with Crippen LogP contribution >= 0.6 is 0 Å². The molecule has 108 valence electrons. The number of nitrogens with two attached hydrogens (primary N) is 1. The normalized spacial score (nSPS) is 26.2. The molecule has 18 heavy (non-hydrogen) atoms. The summed E-state index contributed by atoms with van der Waals surface area (Å²) in [6, 6.07) is 0. The van der Waals surface area contributed by atoms with Crippen molar-refractivity contribution in [3.05, 3.63) is 0 Å². The molecular weight excluding hydrogens is 224 g/mol. The van der Waals surface area contributed by atoms with Crippen LogP contribution in [0, 0.1) is 5.92 Å². The van der Waals surface area contributed by atoms with Crippen molar-refractivity contribution < 1.29 is 4.74 Å². The van der Waals surface area contributed by atoms with Gasteiger partial charge in [0.2, 0.25) is 0 Å². The Kier molecular flexibility index (Phi) is 6.61. The van der Waals surface area contributed by atoms with Gasteiger partial charge in [-0.05, 0) is 59.0 Å². The fraction of sp³-hybridized carbons (Fsp3) is 1.00. The van der Waals surface area contributed by atoms with Crippen molar-refractivity contribution in [1.82, 2.24) is 4.90 Å². The van der Waals surface area contributed by atoms with Gasteiger partial charge >= 0.3 is 0 Å². The van der Waals surface area contributed by atoms with Crippen molar-refractivity contribution in [1.29, 1.82) is 0 Å². The van der Waals surface area contributed by atoms with Gasteiger partial charge in [-0.3, -0.25) is 4.90 Å². The summed E-state index contributed by atoms with van der Waals surface area (Å²) in [7, 11) is 0. The number of hydrogen-bond donors (Lipinski definition) is 1. The Labute approximate surface area is 113 Å². The van der Waals surface area contributed by atoms with Crippen molar-refractivity contribution in [3.63, 3.8) is 0 Å². The minimum Gasteiger partial charge on any atom is -0.370 e.